The average Bonchev–Trinajstić information content (AvgIpc) is 3.55. The first-order valence-corrected chi connectivity index (χ1v) is 16.1. The van der Waals surface area contributed by atoms with Crippen LogP contribution in [0.25, 0.3) is 33.6 Å². The van der Waals surface area contributed by atoms with Gasteiger partial charge in [0.2, 0.25) is 5.91 Å². The lowest BCUT2D eigenvalue weighted by Gasteiger charge is -2.30. The molecule has 0 unspecified atom stereocenters. The van der Waals surface area contributed by atoms with Crippen molar-refractivity contribution in [2.45, 2.75) is 71.5 Å². The molecular formula is C34H45N7O4. The van der Waals surface area contributed by atoms with E-state index in [-0.39, 0.29) is 23.9 Å². The number of aromatic nitrogens is 4. The van der Waals surface area contributed by atoms with Crippen LogP contribution < -0.4 is 15.8 Å². The van der Waals surface area contributed by atoms with E-state index in [2.05, 4.69) is 22.0 Å². The van der Waals surface area contributed by atoms with Gasteiger partial charge in [0.25, 0.3) is 5.91 Å². The molecule has 0 aliphatic carbocycles. The highest BCUT2D eigenvalue weighted by Crippen LogP contribution is 2.35. The monoisotopic (exact) mass is 615 g/mol. The number of amides is 2. The highest BCUT2D eigenvalue weighted by atomic mass is 16.5. The van der Waals surface area contributed by atoms with Crippen molar-refractivity contribution >= 4 is 33.9 Å². The Bertz CT molecular complexity index is 1740. The average molecular weight is 616 g/mol. The summed E-state index contributed by atoms with van der Waals surface area (Å²) in [6, 6.07) is 9.56. The highest BCUT2D eigenvalue weighted by molar-refractivity contribution is 6.00. The third-order valence-electron chi connectivity index (χ3n) is 9.18. The van der Waals surface area contributed by atoms with Gasteiger partial charge in [-0.2, -0.15) is 0 Å². The summed E-state index contributed by atoms with van der Waals surface area (Å²) in [5, 5.41) is 4.14. The second-order valence-electron chi connectivity index (χ2n) is 13.2. The lowest BCUT2D eigenvalue weighted by molar-refractivity contribution is -0.133. The van der Waals surface area contributed by atoms with Crippen molar-refractivity contribution < 1.29 is 19.1 Å². The molecule has 0 radical (unpaired) electrons. The molecule has 11 heteroatoms. The fraction of sp³-hybridized carbons (Fsp3) is 0.529. The molecule has 5 heterocycles. The molecule has 2 aliphatic rings. The standard InChI is InChI=1S/C34H45N7O4/c1-21-25-12-11-22-17-27(41(30(22)37-25)14-7-6-8-15-45-20-34(2,3)33(43)36-21)31-38-26-16-23(18-28(44-5)29(26)39(31)4)32(42)40-13-9-10-24(35)19-40/h11-12,16-18,21,24H,6-10,13-15,19-20,35H2,1-5H3,(H,36,43)/t21-,24-/m1/s1. The molecule has 1 fully saturated rings. The molecule has 11 nitrogen and oxygen atoms in total. The highest BCUT2D eigenvalue weighted by Gasteiger charge is 2.30. The fourth-order valence-electron chi connectivity index (χ4n) is 6.50. The Morgan fingerprint density at radius 1 is 1.11 bits per heavy atom. The van der Waals surface area contributed by atoms with Gasteiger partial charge in [0.05, 0.1) is 42.1 Å². The predicted molar refractivity (Wildman–Crippen MR) is 174 cm³/mol. The molecule has 3 N–H and O–H groups in total. The van der Waals surface area contributed by atoms with Crippen LogP contribution in [0.15, 0.2) is 30.3 Å². The van der Waals surface area contributed by atoms with E-state index >= 15 is 0 Å². The number of piperidine rings is 1. The maximum atomic E-state index is 13.5. The summed E-state index contributed by atoms with van der Waals surface area (Å²) in [5.41, 5.74) is 10.2. The zero-order valence-corrected chi connectivity index (χ0v) is 27.1. The second kappa shape index (κ2) is 12.4. The van der Waals surface area contributed by atoms with Gasteiger partial charge in [-0.1, -0.05) is 0 Å². The molecule has 2 aliphatic heterocycles. The van der Waals surface area contributed by atoms with Gasteiger partial charge < -0.3 is 34.6 Å². The summed E-state index contributed by atoms with van der Waals surface area (Å²) >= 11 is 0. The first-order valence-electron chi connectivity index (χ1n) is 16.1. The van der Waals surface area contributed by atoms with E-state index in [0.717, 1.165) is 72.4 Å². The molecule has 6 rings (SSSR count). The minimum atomic E-state index is -0.641. The molecule has 1 aromatic carbocycles. The van der Waals surface area contributed by atoms with Crippen LogP contribution >= 0.6 is 0 Å². The quantitative estimate of drug-likeness (QED) is 0.346. The molecule has 2 bridgehead atoms. The Morgan fingerprint density at radius 2 is 1.93 bits per heavy atom. The summed E-state index contributed by atoms with van der Waals surface area (Å²) < 4.78 is 16.0. The van der Waals surface area contributed by atoms with Crippen LogP contribution in [0.1, 0.15) is 75.0 Å². The molecule has 45 heavy (non-hydrogen) atoms. The molecule has 0 spiro atoms. The molecule has 3 aromatic heterocycles. The Hall–Kier alpha value is -3.96. The maximum Gasteiger partial charge on any atom is 0.254 e. The van der Waals surface area contributed by atoms with Crippen LogP contribution in [0.2, 0.25) is 0 Å². The van der Waals surface area contributed by atoms with Crippen LogP contribution in [-0.4, -0.2) is 75.3 Å². The largest absolute Gasteiger partial charge is 0.494 e. The molecule has 0 saturated carbocycles. The number of ether oxygens (including phenoxy) is 2. The molecule has 2 amide bonds. The molecule has 4 aromatic rings. The van der Waals surface area contributed by atoms with Crippen molar-refractivity contribution in [3.05, 3.63) is 41.6 Å². The van der Waals surface area contributed by atoms with Crippen LogP contribution in [0.5, 0.6) is 5.75 Å². The number of hydrogen-bond donors (Lipinski definition) is 2. The van der Waals surface area contributed by atoms with Crippen molar-refractivity contribution in [2.24, 2.45) is 18.2 Å². The first-order chi connectivity index (χ1) is 21.6. The van der Waals surface area contributed by atoms with E-state index in [1.165, 1.54) is 0 Å². The normalized spacial score (nSPS) is 21.5. The number of pyridine rings is 1. The third-order valence-corrected chi connectivity index (χ3v) is 9.18. The predicted octanol–water partition coefficient (Wildman–Crippen LogP) is 4.57. The first kappa shape index (κ1) is 31.0. The van der Waals surface area contributed by atoms with Gasteiger partial charge in [0, 0.05) is 50.3 Å². The number of aryl methyl sites for hydroxylation is 2. The molecular weight excluding hydrogens is 570 g/mol. The van der Waals surface area contributed by atoms with Crippen molar-refractivity contribution in [3.63, 3.8) is 0 Å². The zero-order chi connectivity index (χ0) is 31.9. The van der Waals surface area contributed by atoms with Crippen molar-refractivity contribution in [1.82, 2.24) is 29.3 Å². The minimum Gasteiger partial charge on any atom is -0.494 e. The number of likely N-dealkylation sites (tertiary alicyclic amines) is 1. The molecule has 1 saturated heterocycles. The number of methoxy groups -OCH3 is 1. The van der Waals surface area contributed by atoms with Gasteiger partial charge in [-0.25, -0.2) is 9.97 Å². The third kappa shape index (κ3) is 6.03. The molecule has 2 atom stereocenters. The summed E-state index contributed by atoms with van der Waals surface area (Å²) in [4.78, 5) is 38.6. The number of carbonyl (C=O) groups is 2. The van der Waals surface area contributed by atoms with Crippen molar-refractivity contribution in [1.29, 1.82) is 0 Å². The second-order valence-corrected chi connectivity index (χ2v) is 13.2. The number of nitrogens with zero attached hydrogens (tertiary/aromatic N) is 5. The van der Waals surface area contributed by atoms with Gasteiger partial charge in [-0.05, 0) is 83.2 Å². The summed E-state index contributed by atoms with van der Waals surface area (Å²) in [5.74, 6) is 1.25. The lowest BCUT2D eigenvalue weighted by Crippen LogP contribution is -2.45. The summed E-state index contributed by atoms with van der Waals surface area (Å²) in [6.07, 6.45) is 4.65. The van der Waals surface area contributed by atoms with E-state index in [0.29, 0.717) is 43.1 Å². The SMILES string of the molecule is COc1cc(C(=O)N2CCC[C@@H](N)C2)cc2nc(-c3cc4ccc5nc4n3CCCCCOCC(C)(C)C(=O)N[C@@H]5C)n(C)c12. The van der Waals surface area contributed by atoms with E-state index in [1.54, 1.807) is 7.11 Å². The Morgan fingerprint density at radius 3 is 2.71 bits per heavy atom. The number of carbonyl (C=O) groups excluding carboxylic acids is 2. The Labute approximate surface area is 264 Å². The minimum absolute atomic E-state index is 0.00303. The van der Waals surface area contributed by atoms with Crippen LogP contribution in [0.4, 0.5) is 0 Å². The van der Waals surface area contributed by atoms with E-state index in [9.17, 15) is 9.59 Å². The Kier molecular flexibility index (Phi) is 8.58. The van der Waals surface area contributed by atoms with Gasteiger partial charge in [0.1, 0.15) is 16.9 Å². The topological polar surface area (TPSA) is 130 Å². The smallest absolute Gasteiger partial charge is 0.254 e. The maximum absolute atomic E-state index is 13.5. The fourth-order valence-corrected chi connectivity index (χ4v) is 6.50. The number of hydrogen-bond acceptors (Lipinski definition) is 7. The summed E-state index contributed by atoms with van der Waals surface area (Å²) in [7, 11) is 3.60. The summed E-state index contributed by atoms with van der Waals surface area (Å²) in [6.45, 7) is 8.77. The Balaban J connectivity index is 1.43. The van der Waals surface area contributed by atoms with Crippen LogP contribution in [-0.2, 0) is 23.1 Å². The van der Waals surface area contributed by atoms with E-state index in [1.807, 2.05) is 55.5 Å². The number of fused-ring (bicyclic) bond motifs is 2. The molecule has 240 valence electrons. The lowest BCUT2D eigenvalue weighted by atomic mass is 9.93. The number of benzene rings is 1. The van der Waals surface area contributed by atoms with Crippen molar-refractivity contribution in [3.8, 4) is 17.3 Å². The number of rotatable bonds is 3. The van der Waals surface area contributed by atoms with Gasteiger partial charge in [-0.15, -0.1) is 0 Å². The number of nitrogens with one attached hydrogen (secondary N) is 1. The van der Waals surface area contributed by atoms with E-state index < -0.39 is 5.41 Å². The van der Waals surface area contributed by atoms with Gasteiger partial charge in [-0.3, -0.25) is 9.59 Å². The van der Waals surface area contributed by atoms with E-state index in [4.69, 9.17) is 25.2 Å². The van der Waals surface area contributed by atoms with Crippen LogP contribution in [0.3, 0.4) is 0 Å². The number of imidazole rings is 1. The number of nitrogens with two attached hydrogens (primary N) is 1. The van der Waals surface area contributed by atoms with Gasteiger partial charge >= 0.3 is 0 Å². The van der Waals surface area contributed by atoms with Crippen molar-refractivity contribution in [2.75, 3.05) is 33.4 Å². The van der Waals surface area contributed by atoms with Crippen LogP contribution in [0, 0.1) is 5.41 Å². The van der Waals surface area contributed by atoms with Gasteiger partial charge in [0.15, 0.2) is 5.82 Å². The zero-order valence-electron chi connectivity index (χ0n) is 27.1.